The van der Waals surface area contributed by atoms with Gasteiger partial charge in [-0.25, -0.2) is 0 Å². The third-order valence-corrected chi connectivity index (χ3v) is 6.20. The van der Waals surface area contributed by atoms with Crippen LogP contribution in [0.2, 0.25) is 0 Å². The molecule has 1 atom stereocenters. The number of hydrogen-bond donors (Lipinski definition) is 2. The van der Waals surface area contributed by atoms with Crippen LogP contribution in [0.3, 0.4) is 0 Å². The van der Waals surface area contributed by atoms with Gasteiger partial charge in [0.15, 0.2) is 5.11 Å². The molecule has 0 spiro atoms. The maximum atomic E-state index is 13.1. The van der Waals surface area contributed by atoms with Gasteiger partial charge in [0.1, 0.15) is 11.8 Å². The SMILES string of the molecule is CCCCCCOc1ccc(Br)cc1C(=O)NC(=S)N1CCNC(=O)C1CC(=O)OCCCC. The number of nitrogens with zero attached hydrogens (tertiary/aromatic N) is 1. The quantitative estimate of drug-likeness (QED) is 0.229. The van der Waals surface area contributed by atoms with Gasteiger partial charge in [0.2, 0.25) is 5.91 Å². The predicted molar refractivity (Wildman–Crippen MR) is 138 cm³/mol. The largest absolute Gasteiger partial charge is 0.493 e. The maximum absolute atomic E-state index is 13.1. The molecule has 10 heteroatoms. The minimum absolute atomic E-state index is 0.0834. The van der Waals surface area contributed by atoms with Gasteiger partial charge in [0.25, 0.3) is 5.91 Å². The molecule has 1 aromatic carbocycles. The van der Waals surface area contributed by atoms with E-state index in [1.807, 2.05) is 13.0 Å². The molecule has 1 heterocycles. The second-order valence-corrected chi connectivity index (χ2v) is 9.39. The predicted octanol–water partition coefficient (Wildman–Crippen LogP) is 3.96. The van der Waals surface area contributed by atoms with Crippen molar-refractivity contribution < 1.29 is 23.9 Å². The Morgan fingerprint density at radius 2 is 1.94 bits per heavy atom. The lowest BCUT2D eigenvalue weighted by molar-refractivity contribution is -0.147. The summed E-state index contributed by atoms with van der Waals surface area (Å²) in [4.78, 5) is 39.3. The van der Waals surface area contributed by atoms with E-state index in [2.05, 4.69) is 33.5 Å². The summed E-state index contributed by atoms with van der Waals surface area (Å²) in [5.74, 6) is -0.772. The molecule has 1 unspecified atom stereocenters. The first-order valence-corrected chi connectivity index (χ1v) is 13.0. The lowest BCUT2D eigenvalue weighted by atomic mass is 10.1. The first-order chi connectivity index (χ1) is 16.4. The number of unbranched alkanes of at least 4 members (excludes halogenated alkanes) is 4. The summed E-state index contributed by atoms with van der Waals surface area (Å²) in [6.45, 7) is 5.71. The van der Waals surface area contributed by atoms with E-state index in [1.54, 1.807) is 17.0 Å². The fourth-order valence-corrected chi connectivity index (χ4v) is 4.13. The van der Waals surface area contributed by atoms with E-state index in [0.717, 1.165) is 43.0 Å². The van der Waals surface area contributed by atoms with E-state index >= 15 is 0 Å². The monoisotopic (exact) mass is 555 g/mol. The van der Waals surface area contributed by atoms with Crippen LogP contribution >= 0.6 is 28.1 Å². The molecule has 188 valence electrons. The zero-order valence-electron chi connectivity index (χ0n) is 19.9. The Morgan fingerprint density at radius 1 is 1.18 bits per heavy atom. The molecule has 0 aliphatic carbocycles. The van der Waals surface area contributed by atoms with E-state index in [-0.39, 0.29) is 17.4 Å². The van der Waals surface area contributed by atoms with Gasteiger partial charge in [-0.05, 0) is 43.3 Å². The van der Waals surface area contributed by atoms with Crippen LogP contribution in [-0.4, -0.2) is 60.1 Å². The molecule has 8 nitrogen and oxygen atoms in total. The highest BCUT2D eigenvalue weighted by Gasteiger charge is 2.34. The van der Waals surface area contributed by atoms with Crippen LogP contribution in [0.25, 0.3) is 0 Å². The molecule has 2 rings (SSSR count). The fourth-order valence-electron chi connectivity index (χ4n) is 3.46. The summed E-state index contributed by atoms with van der Waals surface area (Å²) in [7, 11) is 0. The fraction of sp³-hybridized carbons (Fsp3) is 0.583. The zero-order chi connectivity index (χ0) is 24.9. The minimum atomic E-state index is -0.840. The zero-order valence-corrected chi connectivity index (χ0v) is 22.3. The lowest BCUT2D eigenvalue weighted by Crippen LogP contribution is -2.60. The van der Waals surface area contributed by atoms with Crippen LogP contribution < -0.4 is 15.4 Å². The Labute approximate surface area is 215 Å². The summed E-state index contributed by atoms with van der Waals surface area (Å²) in [5, 5.41) is 5.53. The Kier molecular flexibility index (Phi) is 12.3. The topological polar surface area (TPSA) is 97.0 Å². The number of ether oxygens (including phenoxy) is 2. The van der Waals surface area contributed by atoms with E-state index in [1.165, 1.54) is 0 Å². The van der Waals surface area contributed by atoms with Crippen molar-refractivity contribution >= 4 is 51.0 Å². The molecule has 1 saturated heterocycles. The standard InChI is InChI=1S/C24H34BrN3O5S/c1-3-5-7-8-14-32-20-10-9-17(25)15-18(20)22(30)27-24(34)28-12-11-26-23(31)19(28)16-21(29)33-13-6-4-2/h9-10,15,19H,3-8,11-14,16H2,1-2H3,(H,26,31)(H,27,30,34). The van der Waals surface area contributed by atoms with Gasteiger partial charge >= 0.3 is 5.97 Å². The van der Waals surface area contributed by atoms with Gasteiger partial charge in [-0.15, -0.1) is 0 Å². The molecule has 2 amide bonds. The van der Waals surface area contributed by atoms with Crippen LogP contribution in [0.15, 0.2) is 22.7 Å². The van der Waals surface area contributed by atoms with E-state index in [9.17, 15) is 14.4 Å². The van der Waals surface area contributed by atoms with Gasteiger partial charge in [-0.3, -0.25) is 19.7 Å². The molecule has 1 aliphatic rings. The average molecular weight is 557 g/mol. The highest BCUT2D eigenvalue weighted by Crippen LogP contribution is 2.24. The number of carbonyl (C=O) groups is 3. The van der Waals surface area contributed by atoms with Crippen molar-refractivity contribution in [3.05, 3.63) is 28.2 Å². The first-order valence-electron chi connectivity index (χ1n) is 11.8. The number of piperazine rings is 1. The average Bonchev–Trinajstić information content (AvgIpc) is 2.81. The number of nitrogens with one attached hydrogen (secondary N) is 2. The lowest BCUT2D eigenvalue weighted by Gasteiger charge is -2.36. The number of benzene rings is 1. The molecule has 0 radical (unpaired) electrons. The van der Waals surface area contributed by atoms with Gasteiger partial charge in [0, 0.05) is 17.6 Å². The van der Waals surface area contributed by atoms with Crippen molar-refractivity contribution in [3.8, 4) is 5.75 Å². The normalized spacial score (nSPS) is 15.4. The summed E-state index contributed by atoms with van der Waals surface area (Å²) in [6.07, 6.45) is 5.77. The molecule has 34 heavy (non-hydrogen) atoms. The third-order valence-electron chi connectivity index (χ3n) is 5.37. The second-order valence-electron chi connectivity index (χ2n) is 8.09. The van der Waals surface area contributed by atoms with Crippen molar-refractivity contribution in [2.45, 2.75) is 64.8 Å². The van der Waals surface area contributed by atoms with Crippen LogP contribution in [0.5, 0.6) is 5.75 Å². The molecule has 0 aromatic heterocycles. The van der Waals surface area contributed by atoms with Crippen molar-refractivity contribution in [2.75, 3.05) is 26.3 Å². The summed E-state index contributed by atoms with van der Waals surface area (Å²) in [5.41, 5.74) is 0.337. The third kappa shape index (κ3) is 8.87. The number of hydrogen-bond acceptors (Lipinski definition) is 6. The van der Waals surface area contributed by atoms with Crippen LogP contribution in [0.4, 0.5) is 0 Å². The van der Waals surface area contributed by atoms with Crippen molar-refractivity contribution in [1.29, 1.82) is 0 Å². The van der Waals surface area contributed by atoms with Gasteiger partial charge in [0.05, 0.1) is 25.2 Å². The number of halogens is 1. The summed E-state index contributed by atoms with van der Waals surface area (Å²) in [6, 6.07) is 4.38. The Hall–Kier alpha value is -2.20. The molecule has 2 N–H and O–H groups in total. The Morgan fingerprint density at radius 3 is 2.68 bits per heavy atom. The Bertz CT molecular complexity index is 867. The molecule has 1 aromatic rings. The molecular formula is C24H34BrN3O5S. The first kappa shape index (κ1) is 28.0. The number of amides is 2. The van der Waals surface area contributed by atoms with Crippen molar-refractivity contribution in [3.63, 3.8) is 0 Å². The Balaban J connectivity index is 2.05. The van der Waals surface area contributed by atoms with E-state index in [4.69, 9.17) is 21.7 Å². The smallest absolute Gasteiger partial charge is 0.308 e. The number of carbonyl (C=O) groups excluding carboxylic acids is 3. The molecule has 1 fully saturated rings. The van der Waals surface area contributed by atoms with Crippen LogP contribution in [0, 0.1) is 0 Å². The summed E-state index contributed by atoms with van der Waals surface area (Å²) < 4.78 is 11.8. The van der Waals surface area contributed by atoms with E-state index in [0.29, 0.717) is 37.6 Å². The number of esters is 1. The molecular weight excluding hydrogens is 522 g/mol. The van der Waals surface area contributed by atoms with Gasteiger partial charge < -0.3 is 19.7 Å². The van der Waals surface area contributed by atoms with E-state index < -0.39 is 17.9 Å². The number of thiocarbonyl (C=S) groups is 1. The highest BCUT2D eigenvalue weighted by atomic mass is 79.9. The summed E-state index contributed by atoms with van der Waals surface area (Å²) >= 11 is 8.86. The maximum Gasteiger partial charge on any atom is 0.308 e. The van der Waals surface area contributed by atoms with Crippen molar-refractivity contribution in [2.24, 2.45) is 0 Å². The van der Waals surface area contributed by atoms with Gasteiger partial charge in [-0.1, -0.05) is 55.5 Å². The van der Waals surface area contributed by atoms with Crippen LogP contribution in [-0.2, 0) is 14.3 Å². The number of rotatable bonds is 12. The molecule has 0 saturated carbocycles. The van der Waals surface area contributed by atoms with Crippen molar-refractivity contribution in [1.82, 2.24) is 15.5 Å². The molecule has 0 bridgehead atoms. The van der Waals surface area contributed by atoms with Crippen LogP contribution in [0.1, 0.15) is 69.2 Å². The second kappa shape index (κ2) is 14.9. The highest BCUT2D eigenvalue weighted by molar-refractivity contribution is 9.10. The molecule has 1 aliphatic heterocycles. The van der Waals surface area contributed by atoms with Gasteiger partial charge in [-0.2, -0.15) is 0 Å². The minimum Gasteiger partial charge on any atom is -0.493 e.